The number of fused-ring (bicyclic) bond motifs is 2. The van der Waals surface area contributed by atoms with Gasteiger partial charge in [0.05, 0.1) is 10.9 Å². The number of halogens is 1. The zero-order chi connectivity index (χ0) is 19.6. The Hall–Kier alpha value is -2.71. The molecule has 1 aromatic heterocycles. The van der Waals surface area contributed by atoms with Crippen molar-refractivity contribution < 1.29 is 17.6 Å². The van der Waals surface area contributed by atoms with Gasteiger partial charge in [0.25, 0.3) is 0 Å². The summed E-state index contributed by atoms with van der Waals surface area (Å²) < 4.78 is 41.1. The number of rotatable bonds is 2. The molecule has 2 N–H and O–H groups in total. The van der Waals surface area contributed by atoms with Crippen molar-refractivity contribution in [2.45, 2.75) is 30.3 Å². The van der Waals surface area contributed by atoms with Gasteiger partial charge in [-0.1, -0.05) is 6.07 Å². The van der Waals surface area contributed by atoms with Gasteiger partial charge in [-0.15, -0.1) is 0 Å². The van der Waals surface area contributed by atoms with Crippen LogP contribution in [0.2, 0.25) is 0 Å². The van der Waals surface area contributed by atoms with Gasteiger partial charge in [0.2, 0.25) is 15.9 Å². The van der Waals surface area contributed by atoms with Crippen LogP contribution in [0, 0.1) is 5.82 Å². The molecule has 2 unspecified atom stereocenters. The predicted octanol–water partition coefficient (Wildman–Crippen LogP) is 2.93. The van der Waals surface area contributed by atoms with Crippen LogP contribution in [0.25, 0.3) is 22.0 Å². The SMILES string of the molecule is CC1c2cc(-c3c[nH]c4cc(F)ccc34)ccc2S(=O)(=O)N1C1CNC(=O)C1. The largest absolute Gasteiger partial charge is 0.360 e. The molecule has 0 saturated carbocycles. The Morgan fingerprint density at radius 1 is 1.18 bits per heavy atom. The van der Waals surface area contributed by atoms with Gasteiger partial charge in [-0.05, 0) is 48.4 Å². The lowest BCUT2D eigenvalue weighted by atomic mass is 9.99. The van der Waals surface area contributed by atoms with Crippen LogP contribution in [0.3, 0.4) is 0 Å². The van der Waals surface area contributed by atoms with Gasteiger partial charge in [0.15, 0.2) is 0 Å². The van der Waals surface area contributed by atoms with E-state index in [4.69, 9.17) is 0 Å². The Kier molecular flexibility index (Phi) is 3.66. The van der Waals surface area contributed by atoms with Crippen molar-refractivity contribution in [1.29, 1.82) is 0 Å². The van der Waals surface area contributed by atoms with E-state index in [1.54, 1.807) is 24.4 Å². The lowest BCUT2D eigenvalue weighted by molar-refractivity contribution is -0.119. The number of hydrogen-bond acceptors (Lipinski definition) is 3. The number of H-pyrrole nitrogens is 1. The number of benzene rings is 2. The number of carbonyl (C=O) groups is 1. The minimum atomic E-state index is -3.65. The lowest BCUT2D eigenvalue weighted by Crippen LogP contribution is -2.38. The number of aromatic nitrogens is 1. The first-order chi connectivity index (χ1) is 13.4. The Morgan fingerprint density at radius 2 is 2.00 bits per heavy atom. The fourth-order valence-electron chi connectivity index (χ4n) is 4.36. The van der Waals surface area contributed by atoms with Crippen LogP contribution in [-0.2, 0) is 14.8 Å². The summed E-state index contributed by atoms with van der Waals surface area (Å²) in [5, 5.41) is 3.58. The van der Waals surface area contributed by atoms with Crippen LogP contribution < -0.4 is 5.32 Å². The van der Waals surface area contributed by atoms with Crippen LogP contribution in [0.1, 0.15) is 24.9 Å². The molecular formula is C20H18FN3O3S. The highest BCUT2D eigenvalue weighted by Crippen LogP contribution is 2.43. The quantitative estimate of drug-likeness (QED) is 0.695. The summed E-state index contributed by atoms with van der Waals surface area (Å²) in [6.45, 7) is 2.18. The molecule has 0 bridgehead atoms. The van der Waals surface area contributed by atoms with E-state index in [1.165, 1.54) is 16.4 Å². The number of nitrogens with one attached hydrogen (secondary N) is 2. The van der Waals surface area contributed by atoms with Crippen LogP contribution in [0.4, 0.5) is 4.39 Å². The van der Waals surface area contributed by atoms with E-state index in [-0.39, 0.29) is 35.1 Å². The summed E-state index contributed by atoms with van der Waals surface area (Å²) >= 11 is 0. The van der Waals surface area contributed by atoms with Crippen molar-refractivity contribution in [3.05, 3.63) is 54.0 Å². The maximum atomic E-state index is 13.5. The van der Waals surface area contributed by atoms with Gasteiger partial charge in [-0.3, -0.25) is 4.79 Å². The molecule has 2 atom stereocenters. The molecule has 3 heterocycles. The standard InChI is InChI=1S/C20H18FN3O3S/c1-11-16-6-12(17-10-22-18-7-13(21)3-4-15(17)18)2-5-19(16)28(26,27)24(11)14-8-20(25)23-9-14/h2-7,10-11,14,22H,8-9H2,1H3,(H,23,25). The van der Waals surface area contributed by atoms with Crippen molar-refractivity contribution in [3.8, 4) is 11.1 Å². The topological polar surface area (TPSA) is 82.3 Å². The molecule has 28 heavy (non-hydrogen) atoms. The molecule has 0 spiro atoms. The summed E-state index contributed by atoms with van der Waals surface area (Å²) in [7, 11) is -3.65. The van der Waals surface area contributed by atoms with E-state index in [9.17, 15) is 17.6 Å². The molecule has 0 radical (unpaired) electrons. The van der Waals surface area contributed by atoms with Crippen LogP contribution in [0.5, 0.6) is 0 Å². The number of carbonyl (C=O) groups excluding carboxylic acids is 1. The first-order valence-corrected chi connectivity index (χ1v) is 10.5. The minimum absolute atomic E-state index is 0.130. The molecule has 1 fully saturated rings. The van der Waals surface area contributed by atoms with Crippen LogP contribution in [0.15, 0.2) is 47.5 Å². The van der Waals surface area contributed by atoms with Crippen molar-refractivity contribution in [2.75, 3.05) is 6.54 Å². The molecule has 0 aliphatic carbocycles. The second kappa shape index (κ2) is 5.89. The van der Waals surface area contributed by atoms with Gasteiger partial charge in [-0.25, -0.2) is 12.8 Å². The maximum absolute atomic E-state index is 13.5. The monoisotopic (exact) mass is 399 g/mol. The average molecular weight is 399 g/mol. The van der Waals surface area contributed by atoms with Gasteiger partial charge < -0.3 is 10.3 Å². The number of amides is 1. The number of aromatic amines is 1. The fourth-order valence-corrected chi connectivity index (χ4v) is 6.42. The van der Waals surface area contributed by atoms with Crippen molar-refractivity contribution in [3.63, 3.8) is 0 Å². The lowest BCUT2D eigenvalue weighted by Gasteiger charge is -2.25. The molecule has 1 saturated heterocycles. The Labute approximate surface area is 161 Å². The first-order valence-electron chi connectivity index (χ1n) is 9.07. The average Bonchev–Trinajstić information content (AvgIpc) is 3.31. The van der Waals surface area contributed by atoms with Gasteiger partial charge in [0, 0.05) is 41.7 Å². The highest BCUT2D eigenvalue weighted by molar-refractivity contribution is 7.89. The predicted molar refractivity (Wildman–Crippen MR) is 103 cm³/mol. The van der Waals surface area contributed by atoms with Crippen LogP contribution in [-0.4, -0.2) is 36.2 Å². The maximum Gasteiger partial charge on any atom is 0.244 e. The zero-order valence-corrected chi connectivity index (χ0v) is 15.9. The van der Waals surface area contributed by atoms with E-state index < -0.39 is 10.0 Å². The normalized spacial score (nSPS) is 23.9. The Morgan fingerprint density at radius 3 is 2.75 bits per heavy atom. The molecule has 144 valence electrons. The van der Waals surface area contributed by atoms with Gasteiger partial charge in [0.1, 0.15) is 5.82 Å². The molecule has 5 rings (SSSR count). The third kappa shape index (κ3) is 2.41. The molecule has 2 aromatic carbocycles. The molecular weight excluding hydrogens is 381 g/mol. The number of hydrogen-bond donors (Lipinski definition) is 2. The first kappa shape index (κ1) is 17.4. The van der Waals surface area contributed by atoms with Crippen molar-refractivity contribution in [2.24, 2.45) is 0 Å². The molecule has 1 amide bonds. The Balaban J connectivity index is 1.60. The second-order valence-corrected chi connectivity index (χ2v) is 9.13. The summed E-state index contributed by atoms with van der Waals surface area (Å²) in [6.07, 6.45) is 1.98. The Bertz CT molecular complexity index is 1230. The number of nitrogens with zero attached hydrogens (tertiary/aromatic N) is 1. The highest BCUT2D eigenvalue weighted by atomic mass is 32.2. The fraction of sp³-hybridized carbons (Fsp3) is 0.250. The van der Waals surface area contributed by atoms with E-state index >= 15 is 0 Å². The molecule has 2 aliphatic rings. The van der Waals surface area contributed by atoms with E-state index in [2.05, 4.69) is 10.3 Å². The van der Waals surface area contributed by atoms with E-state index in [1.807, 2.05) is 13.0 Å². The van der Waals surface area contributed by atoms with E-state index in [0.29, 0.717) is 17.6 Å². The van der Waals surface area contributed by atoms with Crippen LogP contribution >= 0.6 is 0 Å². The molecule has 8 heteroatoms. The van der Waals surface area contributed by atoms with Gasteiger partial charge >= 0.3 is 0 Å². The van der Waals surface area contributed by atoms with Crippen molar-refractivity contribution in [1.82, 2.24) is 14.6 Å². The third-order valence-corrected chi connectivity index (χ3v) is 7.76. The number of sulfonamides is 1. The summed E-state index contributed by atoms with van der Waals surface area (Å²) in [5.74, 6) is -0.444. The highest BCUT2D eigenvalue weighted by Gasteiger charge is 2.46. The van der Waals surface area contributed by atoms with Gasteiger partial charge in [-0.2, -0.15) is 4.31 Å². The summed E-state index contributed by atoms with van der Waals surface area (Å²) in [5.41, 5.74) is 3.15. The summed E-state index contributed by atoms with van der Waals surface area (Å²) in [6, 6.07) is 9.11. The minimum Gasteiger partial charge on any atom is -0.360 e. The van der Waals surface area contributed by atoms with Crippen molar-refractivity contribution >= 4 is 26.8 Å². The second-order valence-electron chi connectivity index (χ2n) is 7.32. The van der Waals surface area contributed by atoms with E-state index in [0.717, 1.165) is 16.5 Å². The molecule has 6 nitrogen and oxygen atoms in total. The smallest absolute Gasteiger partial charge is 0.244 e. The molecule has 2 aliphatic heterocycles. The zero-order valence-electron chi connectivity index (χ0n) is 15.1. The molecule has 3 aromatic rings. The third-order valence-electron chi connectivity index (χ3n) is 5.67. The summed E-state index contributed by atoms with van der Waals surface area (Å²) in [4.78, 5) is 14.9.